The minimum absolute atomic E-state index is 0.572. The van der Waals surface area contributed by atoms with Crippen molar-refractivity contribution in [1.29, 1.82) is 0 Å². The fraction of sp³-hybridized carbons (Fsp3) is 0.682. The van der Waals surface area contributed by atoms with E-state index >= 15 is 0 Å². The summed E-state index contributed by atoms with van der Waals surface area (Å²) in [5.74, 6) is 2.98. The second-order valence-electron chi connectivity index (χ2n) is 6.98. The Morgan fingerprint density at radius 2 is 1.93 bits per heavy atom. The highest BCUT2D eigenvalue weighted by molar-refractivity contribution is 5.79. The molecule has 7 heteroatoms. The van der Waals surface area contributed by atoms with E-state index in [4.69, 9.17) is 18.9 Å². The van der Waals surface area contributed by atoms with E-state index in [1.54, 1.807) is 7.05 Å². The third kappa shape index (κ3) is 8.92. The fourth-order valence-corrected chi connectivity index (χ4v) is 3.14. The van der Waals surface area contributed by atoms with Crippen molar-refractivity contribution in [2.75, 3.05) is 59.8 Å². The number of aliphatic imine (C=N–C) groups is 1. The number of hydrogen-bond donors (Lipinski definition) is 2. The number of hydrogen-bond acceptors (Lipinski definition) is 5. The average molecular weight is 408 g/mol. The molecule has 1 saturated heterocycles. The normalized spacial score (nSPS) is 16.7. The molecule has 0 aromatic heterocycles. The predicted octanol–water partition coefficient (Wildman–Crippen LogP) is 2.63. The van der Waals surface area contributed by atoms with Crippen molar-refractivity contribution in [1.82, 2.24) is 10.6 Å². The van der Waals surface area contributed by atoms with E-state index in [1.807, 2.05) is 19.9 Å². The number of benzene rings is 1. The summed E-state index contributed by atoms with van der Waals surface area (Å²) in [6.45, 7) is 10.1. The lowest BCUT2D eigenvalue weighted by atomic mass is 10.1. The maximum Gasteiger partial charge on any atom is 0.190 e. The average Bonchev–Trinajstić information content (AvgIpc) is 3.25. The molecule has 0 radical (unpaired) electrons. The smallest absolute Gasteiger partial charge is 0.190 e. The van der Waals surface area contributed by atoms with Crippen LogP contribution < -0.4 is 20.1 Å². The summed E-state index contributed by atoms with van der Waals surface area (Å²) in [5.41, 5.74) is 1.20. The van der Waals surface area contributed by atoms with Gasteiger partial charge in [-0.3, -0.25) is 4.99 Å². The first kappa shape index (κ1) is 23.3. The lowest BCUT2D eigenvalue weighted by Gasteiger charge is -2.14. The van der Waals surface area contributed by atoms with Crippen LogP contribution in [-0.2, 0) is 15.9 Å². The number of ether oxygens (including phenoxy) is 4. The zero-order valence-corrected chi connectivity index (χ0v) is 18.2. The molecule has 1 unspecified atom stereocenters. The van der Waals surface area contributed by atoms with Crippen molar-refractivity contribution in [2.45, 2.75) is 33.1 Å². The minimum atomic E-state index is 0.572. The van der Waals surface area contributed by atoms with Crippen LogP contribution >= 0.6 is 0 Å². The largest absolute Gasteiger partial charge is 0.490 e. The molecule has 0 amide bonds. The van der Waals surface area contributed by atoms with Crippen LogP contribution in [0.4, 0.5) is 0 Å². The van der Waals surface area contributed by atoms with Gasteiger partial charge in [0.25, 0.3) is 0 Å². The van der Waals surface area contributed by atoms with Crippen LogP contribution in [0.5, 0.6) is 11.5 Å². The van der Waals surface area contributed by atoms with Crippen LogP contribution in [0.2, 0.25) is 0 Å². The first-order valence-corrected chi connectivity index (χ1v) is 10.7. The second kappa shape index (κ2) is 14.1. The topological polar surface area (TPSA) is 73.3 Å². The Balaban J connectivity index is 1.62. The maximum atomic E-state index is 5.73. The number of nitrogens with one attached hydrogen (secondary N) is 2. The Bertz CT molecular complexity index is 604. The highest BCUT2D eigenvalue weighted by Crippen LogP contribution is 2.28. The lowest BCUT2D eigenvalue weighted by Crippen LogP contribution is -2.39. The van der Waals surface area contributed by atoms with E-state index in [0.29, 0.717) is 19.1 Å². The molecule has 1 aliphatic rings. The molecule has 7 nitrogen and oxygen atoms in total. The Morgan fingerprint density at radius 3 is 2.66 bits per heavy atom. The summed E-state index contributed by atoms with van der Waals surface area (Å²) in [6, 6.07) is 6.12. The van der Waals surface area contributed by atoms with Gasteiger partial charge in [-0.05, 0) is 50.8 Å². The van der Waals surface area contributed by atoms with Crippen molar-refractivity contribution in [3.63, 3.8) is 0 Å². The zero-order chi connectivity index (χ0) is 20.7. The molecule has 1 aliphatic heterocycles. The molecule has 0 bridgehead atoms. The van der Waals surface area contributed by atoms with Crippen LogP contribution in [0.15, 0.2) is 23.2 Å². The molecule has 1 aromatic rings. The molecule has 164 valence electrons. The summed E-state index contributed by atoms with van der Waals surface area (Å²) < 4.78 is 22.4. The van der Waals surface area contributed by atoms with E-state index in [0.717, 1.165) is 76.2 Å². The van der Waals surface area contributed by atoms with E-state index in [-0.39, 0.29) is 0 Å². The number of nitrogens with zero attached hydrogens (tertiary/aromatic N) is 1. The molecule has 29 heavy (non-hydrogen) atoms. The Labute approximate surface area is 175 Å². The van der Waals surface area contributed by atoms with Gasteiger partial charge < -0.3 is 29.6 Å². The molecular weight excluding hydrogens is 370 g/mol. The molecular formula is C22H37N3O4. The van der Waals surface area contributed by atoms with Gasteiger partial charge in [-0.15, -0.1) is 0 Å². The van der Waals surface area contributed by atoms with Crippen molar-refractivity contribution >= 4 is 5.96 Å². The molecule has 1 atom stereocenters. The summed E-state index contributed by atoms with van der Waals surface area (Å²) in [7, 11) is 1.79. The zero-order valence-electron chi connectivity index (χ0n) is 18.2. The van der Waals surface area contributed by atoms with Gasteiger partial charge in [0.05, 0.1) is 26.4 Å². The van der Waals surface area contributed by atoms with E-state index in [9.17, 15) is 0 Å². The van der Waals surface area contributed by atoms with E-state index in [1.165, 1.54) is 5.56 Å². The fourth-order valence-electron chi connectivity index (χ4n) is 3.14. The van der Waals surface area contributed by atoms with Crippen LogP contribution in [0, 0.1) is 5.92 Å². The van der Waals surface area contributed by atoms with Crippen molar-refractivity contribution < 1.29 is 18.9 Å². The van der Waals surface area contributed by atoms with Gasteiger partial charge in [0.2, 0.25) is 0 Å². The van der Waals surface area contributed by atoms with Gasteiger partial charge in [0.15, 0.2) is 17.5 Å². The van der Waals surface area contributed by atoms with Crippen LogP contribution in [0.25, 0.3) is 0 Å². The van der Waals surface area contributed by atoms with Gasteiger partial charge in [-0.25, -0.2) is 0 Å². The molecule has 1 fully saturated rings. The first-order valence-electron chi connectivity index (χ1n) is 10.7. The predicted molar refractivity (Wildman–Crippen MR) is 116 cm³/mol. The summed E-state index contributed by atoms with van der Waals surface area (Å²) in [6.07, 6.45) is 2.94. The highest BCUT2D eigenvalue weighted by Gasteiger charge is 2.15. The molecule has 0 aliphatic carbocycles. The Kier molecular flexibility index (Phi) is 11.3. The molecule has 1 aromatic carbocycles. The van der Waals surface area contributed by atoms with Crippen molar-refractivity contribution in [3.05, 3.63) is 23.8 Å². The quantitative estimate of drug-likeness (QED) is 0.298. The van der Waals surface area contributed by atoms with Crippen LogP contribution in [-0.4, -0.2) is 65.7 Å². The molecule has 1 heterocycles. The summed E-state index contributed by atoms with van der Waals surface area (Å²) in [4.78, 5) is 4.28. The van der Waals surface area contributed by atoms with Gasteiger partial charge in [0, 0.05) is 39.3 Å². The van der Waals surface area contributed by atoms with Gasteiger partial charge in [0.1, 0.15) is 0 Å². The van der Waals surface area contributed by atoms with E-state index in [2.05, 4.69) is 27.8 Å². The number of guanidine groups is 1. The first-order chi connectivity index (χ1) is 14.3. The van der Waals surface area contributed by atoms with E-state index < -0.39 is 0 Å². The number of rotatable bonds is 13. The third-order valence-electron chi connectivity index (χ3n) is 4.67. The Hall–Kier alpha value is -1.99. The molecule has 2 rings (SSSR count). The maximum absolute atomic E-state index is 5.73. The summed E-state index contributed by atoms with van der Waals surface area (Å²) >= 11 is 0. The standard InChI is InChI=1S/C22H37N3O4/c1-4-28-20-8-7-18(15-21(20)29-5-2)9-12-25-22(23-3)24-11-6-13-26-16-19-10-14-27-17-19/h7-8,15,19H,4-6,9-14,16-17H2,1-3H3,(H2,23,24,25). The molecule has 0 saturated carbocycles. The van der Waals surface area contributed by atoms with Gasteiger partial charge in [-0.2, -0.15) is 0 Å². The molecule has 0 spiro atoms. The SMILES string of the molecule is CCOc1ccc(CCNC(=NC)NCCCOCC2CCOC2)cc1OCC. The lowest BCUT2D eigenvalue weighted by molar-refractivity contribution is 0.0888. The monoisotopic (exact) mass is 407 g/mol. The van der Waals surface area contributed by atoms with Crippen molar-refractivity contribution in [3.8, 4) is 11.5 Å². The highest BCUT2D eigenvalue weighted by atomic mass is 16.5. The third-order valence-corrected chi connectivity index (χ3v) is 4.67. The van der Waals surface area contributed by atoms with Gasteiger partial charge in [-0.1, -0.05) is 6.07 Å². The molecule has 2 N–H and O–H groups in total. The Morgan fingerprint density at radius 1 is 1.14 bits per heavy atom. The van der Waals surface area contributed by atoms with Crippen LogP contribution in [0.3, 0.4) is 0 Å². The summed E-state index contributed by atoms with van der Waals surface area (Å²) in [5, 5.41) is 6.69. The van der Waals surface area contributed by atoms with Gasteiger partial charge >= 0.3 is 0 Å². The van der Waals surface area contributed by atoms with Crippen molar-refractivity contribution in [2.24, 2.45) is 10.9 Å². The minimum Gasteiger partial charge on any atom is -0.490 e. The second-order valence-corrected chi connectivity index (χ2v) is 6.98. The van der Waals surface area contributed by atoms with Crippen LogP contribution in [0.1, 0.15) is 32.3 Å².